The zero-order valence-electron chi connectivity index (χ0n) is 17.1. The molecule has 4 rings (SSSR count). The molecular weight excluding hydrogens is 396 g/mol. The Kier molecular flexibility index (Phi) is 6.64. The van der Waals surface area contributed by atoms with Gasteiger partial charge in [0.05, 0.1) is 12.9 Å². The Balaban J connectivity index is 0.00000225. The SMILES string of the molecule is CC(C)COc1ccc2c(c1)CCN1C[C@H]3CCCN(S(C)(=O)=O)[C@H]3C[C@@H]21.Cl. The van der Waals surface area contributed by atoms with Gasteiger partial charge in [0.1, 0.15) is 5.75 Å². The first-order valence-corrected chi connectivity index (χ1v) is 12.1. The number of nitrogens with zero attached hydrogens (tertiary/aromatic N) is 2. The number of fused-ring (bicyclic) bond motifs is 4. The number of sulfonamides is 1. The van der Waals surface area contributed by atoms with E-state index < -0.39 is 10.0 Å². The van der Waals surface area contributed by atoms with Crippen LogP contribution in [0.15, 0.2) is 18.2 Å². The molecule has 3 heterocycles. The quantitative estimate of drug-likeness (QED) is 0.736. The lowest BCUT2D eigenvalue weighted by molar-refractivity contribution is 0.0222. The highest BCUT2D eigenvalue weighted by Crippen LogP contribution is 2.44. The van der Waals surface area contributed by atoms with Crippen molar-refractivity contribution in [1.82, 2.24) is 9.21 Å². The van der Waals surface area contributed by atoms with Gasteiger partial charge in [-0.05, 0) is 60.8 Å². The number of halogens is 1. The van der Waals surface area contributed by atoms with Crippen LogP contribution in [0.4, 0.5) is 0 Å². The average Bonchev–Trinajstić information content (AvgIpc) is 2.63. The number of rotatable bonds is 4. The van der Waals surface area contributed by atoms with E-state index in [1.165, 1.54) is 17.4 Å². The molecule has 5 nitrogen and oxygen atoms in total. The third kappa shape index (κ3) is 4.35. The zero-order valence-corrected chi connectivity index (χ0v) is 18.8. The molecule has 0 saturated carbocycles. The maximum Gasteiger partial charge on any atom is 0.211 e. The second kappa shape index (κ2) is 8.50. The van der Waals surface area contributed by atoms with Crippen molar-refractivity contribution in [2.45, 2.75) is 51.6 Å². The Morgan fingerprint density at radius 1 is 1.25 bits per heavy atom. The largest absolute Gasteiger partial charge is 0.493 e. The molecule has 3 aliphatic rings. The van der Waals surface area contributed by atoms with Crippen LogP contribution in [0.2, 0.25) is 0 Å². The number of piperidine rings is 2. The predicted molar refractivity (Wildman–Crippen MR) is 115 cm³/mol. The Morgan fingerprint density at radius 2 is 2.04 bits per heavy atom. The van der Waals surface area contributed by atoms with Crippen LogP contribution < -0.4 is 4.74 Å². The average molecular weight is 429 g/mol. The van der Waals surface area contributed by atoms with E-state index >= 15 is 0 Å². The molecule has 1 aromatic carbocycles. The van der Waals surface area contributed by atoms with Gasteiger partial charge in [-0.2, -0.15) is 4.31 Å². The van der Waals surface area contributed by atoms with Crippen LogP contribution in [0.25, 0.3) is 0 Å². The first-order chi connectivity index (χ1) is 12.8. The van der Waals surface area contributed by atoms with Crippen molar-refractivity contribution in [3.8, 4) is 5.75 Å². The molecule has 0 amide bonds. The molecular formula is C21H33ClN2O3S. The summed E-state index contributed by atoms with van der Waals surface area (Å²) in [7, 11) is -3.14. The Labute approximate surface area is 175 Å². The molecule has 0 radical (unpaired) electrons. The molecule has 3 aliphatic heterocycles. The maximum atomic E-state index is 12.3. The van der Waals surface area contributed by atoms with E-state index in [-0.39, 0.29) is 18.4 Å². The van der Waals surface area contributed by atoms with Crippen molar-refractivity contribution < 1.29 is 13.2 Å². The molecule has 7 heteroatoms. The van der Waals surface area contributed by atoms with Crippen LogP contribution in [0.1, 0.15) is 50.3 Å². The van der Waals surface area contributed by atoms with Crippen molar-refractivity contribution in [3.63, 3.8) is 0 Å². The number of benzene rings is 1. The maximum absolute atomic E-state index is 12.3. The number of hydrogen-bond donors (Lipinski definition) is 0. The van der Waals surface area contributed by atoms with Crippen molar-refractivity contribution in [2.24, 2.45) is 11.8 Å². The van der Waals surface area contributed by atoms with Gasteiger partial charge in [0.15, 0.2) is 0 Å². The summed E-state index contributed by atoms with van der Waals surface area (Å²) in [6, 6.07) is 6.99. The molecule has 2 saturated heterocycles. The molecule has 0 spiro atoms. The highest BCUT2D eigenvalue weighted by atomic mass is 35.5. The van der Waals surface area contributed by atoms with Gasteiger partial charge in [0.25, 0.3) is 0 Å². The molecule has 0 N–H and O–H groups in total. The minimum Gasteiger partial charge on any atom is -0.493 e. The summed E-state index contributed by atoms with van der Waals surface area (Å²) in [5.74, 6) is 1.94. The van der Waals surface area contributed by atoms with Crippen LogP contribution in [0, 0.1) is 11.8 Å². The van der Waals surface area contributed by atoms with Crippen LogP contribution in [0.5, 0.6) is 5.75 Å². The van der Waals surface area contributed by atoms with Gasteiger partial charge in [-0.3, -0.25) is 4.90 Å². The normalized spacial score (nSPS) is 28.1. The molecule has 2 fully saturated rings. The summed E-state index contributed by atoms with van der Waals surface area (Å²) in [5.41, 5.74) is 2.74. The highest BCUT2D eigenvalue weighted by molar-refractivity contribution is 7.88. The fourth-order valence-corrected chi connectivity index (χ4v) is 6.37. The molecule has 0 unspecified atom stereocenters. The summed E-state index contributed by atoms with van der Waals surface area (Å²) in [6.07, 6.45) is 5.47. The van der Waals surface area contributed by atoms with Gasteiger partial charge in [-0.1, -0.05) is 19.9 Å². The Morgan fingerprint density at radius 3 is 2.75 bits per heavy atom. The third-order valence-corrected chi connectivity index (χ3v) is 7.70. The topological polar surface area (TPSA) is 49.9 Å². The zero-order chi connectivity index (χ0) is 19.2. The van der Waals surface area contributed by atoms with Crippen LogP contribution in [-0.2, 0) is 16.4 Å². The molecule has 158 valence electrons. The van der Waals surface area contributed by atoms with Crippen molar-refractivity contribution in [3.05, 3.63) is 29.3 Å². The van der Waals surface area contributed by atoms with E-state index in [2.05, 4.69) is 36.9 Å². The lowest BCUT2D eigenvalue weighted by atomic mass is 9.77. The van der Waals surface area contributed by atoms with Crippen molar-refractivity contribution in [1.29, 1.82) is 0 Å². The molecule has 0 bridgehead atoms. The lowest BCUT2D eigenvalue weighted by Gasteiger charge is -2.51. The minimum atomic E-state index is -3.14. The van der Waals surface area contributed by atoms with Crippen LogP contribution in [-0.4, -0.2) is 56.2 Å². The van der Waals surface area contributed by atoms with Gasteiger partial charge < -0.3 is 4.74 Å². The van der Waals surface area contributed by atoms with Crippen LogP contribution >= 0.6 is 12.4 Å². The number of hydrogen-bond acceptors (Lipinski definition) is 4. The second-order valence-electron chi connectivity index (χ2n) is 8.91. The van der Waals surface area contributed by atoms with Gasteiger partial charge in [-0.25, -0.2) is 8.42 Å². The standard InChI is InChI=1S/C21H32N2O3S.ClH/c1-15(2)14-26-18-6-7-19-16(11-18)8-10-22-13-17-5-4-9-23(27(3,24)25)20(17)12-21(19)22;/h6-7,11,15,17,20-21H,4-5,8-10,12-14H2,1-3H3;1H/t17-,20+,21+;/m1./s1. The highest BCUT2D eigenvalue weighted by Gasteiger charge is 2.44. The predicted octanol–water partition coefficient (Wildman–Crippen LogP) is 3.49. The summed E-state index contributed by atoms with van der Waals surface area (Å²) < 4.78 is 32.3. The minimum absolute atomic E-state index is 0. The summed E-state index contributed by atoms with van der Waals surface area (Å²) in [4.78, 5) is 2.59. The molecule has 28 heavy (non-hydrogen) atoms. The Hall–Kier alpha value is -0.820. The fourth-order valence-electron chi connectivity index (χ4n) is 5.15. The second-order valence-corrected chi connectivity index (χ2v) is 10.8. The third-order valence-electron chi connectivity index (χ3n) is 6.39. The smallest absolute Gasteiger partial charge is 0.211 e. The molecule has 0 aliphatic carbocycles. The van der Waals surface area contributed by atoms with Gasteiger partial charge in [0.2, 0.25) is 10.0 Å². The fraction of sp³-hybridized carbons (Fsp3) is 0.714. The van der Waals surface area contributed by atoms with E-state index in [0.29, 0.717) is 24.4 Å². The summed E-state index contributed by atoms with van der Waals surface area (Å²) in [6.45, 7) is 7.82. The number of ether oxygens (including phenoxy) is 1. The summed E-state index contributed by atoms with van der Waals surface area (Å²) >= 11 is 0. The summed E-state index contributed by atoms with van der Waals surface area (Å²) in [5, 5.41) is 0. The molecule has 1 aromatic rings. The Bertz CT molecular complexity index is 799. The van der Waals surface area contributed by atoms with Gasteiger partial charge >= 0.3 is 0 Å². The van der Waals surface area contributed by atoms with Gasteiger partial charge in [0, 0.05) is 31.7 Å². The first-order valence-electron chi connectivity index (χ1n) is 10.3. The lowest BCUT2D eigenvalue weighted by Crippen LogP contribution is -2.57. The monoisotopic (exact) mass is 428 g/mol. The molecule has 0 aromatic heterocycles. The first kappa shape index (κ1) is 21.9. The van der Waals surface area contributed by atoms with E-state index in [4.69, 9.17) is 4.74 Å². The van der Waals surface area contributed by atoms with E-state index in [1.54, 1.807) is 4.31 Å². The van der Waals surface area contributed by atoms with E-state index in [0.717, 1.165) is 51.1 Å². The van der Waals surface area contributed by atoms with Crippen molar-refractivity contribution in [2.75, 3.05) is 32.5 Å². The van der Waals surface area contributed by atoms with Gasteiger partial charge in [-0.15, -0.1) is 12.4 Å². The van der Waals surface area contributed by atoms with E-state index in [9.17, 15) is 8.42 Å². The van der Waals surface area contributed by atoms with E-state index in [1.807, 2.05) is 0 Å². The van der Waals surface area contributed by atoms with Crippen LogP contribution in [0.3, 0.4) is 0 Å². The van der Waals surface area contributed by atoms with Crippen molar-refractivity contribution >= 4 is 22.4 Å². The molecule has 3 atom stereocenters.